The molecule has 0 unspecified atom stereocenters. The predicted octanol–water partition coefficient (Wildman–Crippen LogP) is 3.88. The maximum absolute atomic E-state index is 12.4. The quantitative estimate of drug-likeness (QED) is 0.716. The van der Waals surface area contributed by atoms with Crippen LogP contribution >= 0.6 is 0 Å². The van der Waals surface area contributed by atoms with Gasteiger partial charge < -0.3 is 9.72 Å². The molecule has 6 heteroatoms. The van der Waals surface area contributed by atoms with Crippen molar-refractivity contribution in [1.29, 1.82) is 0 Å². The molecule has 1 fully saturated rings. The normalized spacial score (nSPS) is 17.2. The fourth-order valence-corrected chi connectivity index (χ4v) is 4.00. The molecule has 1 atom stereocenters. The third-order valence-corrected chi connectivity index (χ3v) is 5.47. The molecule has 0 amide bonds. The lowest BCUT2D eigenvalue weighted by atomic mass is 9.97. The molecule has 3 heterocycles. The van der Waals surface area contributed by atoms with E-state index in [1.807, 2.05) is 12.1 Å². The number of rotatable bonds is 5. The zero-order chi connectivity index (χ0) is 20.2. The number of nitrogens with zero attached hydrogens (tertiary/aromatic N) is 3. The number of H-pyrrole nitrogens is 1. The van der Waals surface area contributed by atoms with Gasteiger partial charge in [0.15, 0.2) is 0 Å². The fraction of sp³-hybridized carbons (Fsp3) is 0.348. The topological polar surface area (TPSA) is 71.1 Å². The molecule has 4 rings (SSSR count). The first-order chi connectivity index (χ1) is 14.1. The van der Waals surface area contributed by atoms with Crippen molar-refractivity contribution in [3.8, 4) is 17.1 Å². The van der Waals surface area contributed by atoms with E-state index in [-0.39, 0.29) is 11.6 Å². The summed E-state index contributed by atoms with van der Waals surface area (Å²) in [6.07, 6.45) is 6.69. The Hall–Kier alpha value is -2.99. The molecule has 0 bridgehead atoms. The number of aromatic amines is 1. The van der Waals surface area contributed by atoms with Gasteiger partial charge in [0.2, 0.25) is 0 Å². The van der Waals surface area contributed by atoms with Crippen LogP contribution in [0.3, 0.4) is 0 Å². The maximum Gasteiger partial charge on any atom is 0.251 e. The van der Waals surface area contributed by atoms with Crippen LogP contribution in [0.1, 0.15) is 42.1 Å². The number of benzene rings is 1. The smallest absolute Gasteiger partial charge is 0.251 e. The van der Waals surface area contributed by atoms with Crippen molar-refractivity contribution in [1.82, 2.24) is 19.9 Å². The number of hydrogen-bond acceptors (Lipinski definition) is 5. The summed E-state index contributed by atoms with van der Waals surface area (Å²) in [5.41, 5.74) is 3.83. The average molecular weight is 390 g/mol. The Kier molecular flexibility index (Phi) is 5.71. The Morgan fingerprint density at radius 3 is 2.93 bits per heavy atom. The number of piperidine rings is 1. The second-order valence-corrected chi connectivity index (χ2v) is 7.56. The summed E-state index contributed by atoms with van der Waals surface area (Å²) >= 11 is 0. The van der Waals surface area contributed by atoms with Crippen LogP contribution in [0.5, 0.6) is 5.75 Å². The van der Waals surface area contributed by atoms with Crippen molar-refractivity contribution in [2.75, 3.05) is 13.7 Å². The van der Waals surface area contributed by atoms with Gasteiger partial charge in [-0.25, -0.2) is 4.98 Å². The van der Waals surface area contributed by atoms with Crippen LogP contribution in [-0.4, -0.2) is 33.5 Å². The van der Waals surface area contributed by atoms with Crippen molar-refractivity contribution < 1.29 is 4.74 Å². The molecule has 150 valence electrons. The van der Waals surface area contributed by atoms with Crippen molar-refractivity contribution in [2.24, 2.45) is 0 Å². The minimum absolute atomic E-state index is 0.104. The molecule has 0 radical (unpaired) electrons. The molecule has 0 aliphatic carbocycles. The Bertz CT molecular complexity index is 1030. The van der Waals surface area contributed by atoms with E-state index >= 15 is 0 Å². The molecule has 3 aromatic rings. The Labute approximate surface area is 170 Å². The first-order valence-corrected chi connectivity index (χ1v) is 10.0. The van der Waals surface area contributed by atoms with Gasteiger partial charge in [0, 0.05) is 36.1 Å². The highest BCUT2D eigenvalue weighted by Gasteiger charge is 2.27. The van der Waals surface area contributed by atoms with Crippen molar-refractivity contribution in [2.45, 2.75) is 38.8 Å². The van der Waals surface area contributed by atoms with E-state index in [1.165, 1.54) is 5.56 Å². The molecule has 1 saturated heterocycles. The zero-order valence-corrected chi connectivity index (χ0v) is 16.9. The van der Waals surface area contributed by atoms with Gasteiger partial charge in [-0.15, -0.1) is 0 Å². The largest absolute Gasteiger partial charge is 0.496 e. The molecular weight excluding hydrogens is 364 g/mol. The fourth-order valence-electron chi connectivity index (χ4n) is 4.00. The van der Waals surface area contributed by atoms with E-state index in [4.69, 9.17) is 9.72 Å². The molecule has 0 spiro atoms. The van der Waals surface area contributed by atoms with Gasteiger partial charge in [0.25, 0.3) is 5.56 Å². The molecule has 1 aromatic carbocycles. The van der Waals surface area contributed by atoms with Gasteiger partial charge in [0.05, 0.1) is 18.8 Å². The first kappa shape index (κ1) is 19.3. The molecule has 2 aromatic heterocycles. The van der Waals surface area contributed by atoms with E-state index in [1.54, 1.807) is 25.6 Å². The summed E-state index contributed by atoms with van der Waals surface area (Å²) in [6.45, 7) is 3.80. The van der Waals surface area contributed by atoms with Crippen molar-refractivity contribution in [3.05, 3.63) is 76.0 Å². The van der Waals surface area contributed by atoms with Crippen LogP contribution in [0.2, 0.25) is 0 Å². The number of nitrogens with one attached hydrogen (secondary N) is 1. The van der Waals surface area contributed by atoms with Crippen LogP contribution in [0.15, 0.2) is 53.6 Å². The SMILES string of the molecule is COc1cc(C)ccc1CN1CCCC[C@@H]1c1cc(=O)[nH]c(-c2cccnc2)n1. The number of hydrogen-bond donors (Lipinski definition) is 1. The highest BCUT2D eigenvalue weighted by molar-refractivity contribution is 5.52. The summed E-state index contributed by atoms with van der Waals surface area (Å²) in [5.74, 6) is 1.48. The Morgan fingerprint density at radius 1 is 1.24 bits per heavy atom. The summed E-state index contributed by atoms with van der Waals surface area (Å²) in [4.78, 5) is 26.6. The molecule has 0 saturated carbocycles. The zero-order valence-electron chi connectivity index (χ0n) is 16.9. The summed E-state index contributed by atoms with van der Waals surface area (Å²) in [6, 6.07) is 11.8. The van der Waals surface area contributed by atoms with E-state index < -0.39 is 0 Å². The predicted molar refractivity (Wildman–Crippen MR) is 113 cm³/mol. The van der Waals surface area contributed by atoms with Crippen LogP contribution in [-0.2, 0) is 6.54 Å². The van der Waals surface area contributed by atoms with Crippen LogP contribution in [0, 0.1) is 6.92 Å². The van der Waals surface area contributed by atoms with Crippen LogP contribution in [0.25, 0.3) is 11.4 Å². The molecule has 6 nitrogen and oxygen atoms in total. The lowest BCUT2D eigenvalue weighted by molar-refractivity contribution is 0.136. The highest BCUT2D eigenvalue weighted by Crippen LogP contribution is 2.33. The number of methoxy groups -OCH3 is 1. The Morgan fingerprint density at radius 2 is 2.14 bits per heavy atom. The van der Waals surface area contributed by atoms with Gasteiger partial charge in [-0.3, -0.25) is 14.7 Å². The number of pyridine rings is 1. The van der Waals surface area contributed by atoms with Crippen molar-refractivity contribution >= 4 is 0 Å². The first-order valence-electron chi connectivity index (χ1n) is 10.0. The second-order valence-electron chi connectivity index (χ2n) is 7.56. The minimum Gasteiger partial charge on any atom is -0.496 e. The van der Waals surface area contributed by atoms with Crippen molar-refractivity contribution in [3.63, 3.8) is 0 Å². The lowest BCUT2D eigenvalue weighted by Gasteiger charge is -2.35. The molecule has 1 N–H and O–H groups in total. The summed E-state index contributed by atoms with van der Waals surface area (Å²) in [5, 5.41) is 0. The summed E-state index contributed by atoms with van der Waals surface area (Å²) < 4.78 is 5.60. The number of aromatic nitrogens is 3. The number of likely N-dealkylation sites (tertiary alicyclic amines) is 1. The number of ether oxygens (including phenoxy) is 1. The van der Waals surface area contributed by atoms with E-state index in [0.717, 1.165) is 54.9 Å². The monoisotopic (exact) mass is 390 g/mol. The minimum atomic E-state index is -0.132. The molecule has 1 aliphatic rings. The van der Waals surface area contributed by atoms with Crippen LogP contribution in [0.4, 0.5) is 0 Å². The highest BCUT2D eigenvalue weighted by atomic mass is 16.5. The van der Waals surface area contributed by atoms with Gasteiger partial charge in [-0.05, 0) is 50.1 Å². The average Bonchev–Trinajstić information content (AvgIpc) is 2.75. The molecule has 1 aliphatic heterocycles. The molecular formula is C23H26N4O2. The van der Waals surface area contributed by atoms with Gasteiger partial charge in [0.1, 0.15) is 11.6 Å². The number of aryl methyl sites for hydroxylation is 1. The third-order valence-electron chi connectivity index (χ3n) is 5.47. The van der Waals surface area contributed by atoms with E-state index in [0.29, 0.717) is 5.82 Å². The van der Waals surface area contributed by atoms with Crippen LogP contribution < -0.4 is 10.3 Å². The lowest BCUT2D eigenvalue weighted by Crippen LogP contribution is -2.34. The third kappa shape index (κ3) is 4.38. The Balaban J connectivity index is 1.66. The van der Waals surface area contributed by atoms with E-state index in [2.05, 4.69) is 40.0 Å². The maximum atomic E-state index is 12.4. The second kappa shape index (κ2) is 8.57. The standard InChI is InChI=1S/C23H26N4O2/c1-16-8-9-18(21(12-16)29-2)15-27-11-4-3-7-20(27)19-13-22(28)26-23(25-19)17-6-5-10-24-14-17/h5-6,8-10,12-14,20H,3-4,7,11,15H2,1-2H3,(H,25,26,28)/t20-/m1/s1. The van der Waals surface area contributed by atoms with Gasteiger partial charge in [-0.1, -0.05) is 18.6 Å². The van der Waals surface area contributed by atoms with Gasteiger partial charge in [-0.2, -0.15) is 0 Å². The molecule has 29 heavy (non-hydrogen) atoms. The summed E-state index contributed by atoms with van der Waals surface area (Å²) in [7, 11) is 1.71. The van der Waals surface area contributed by atoms with Gasteiger partial charge >= 0.3 is 0 Å². The van der Waals surface area contributed by atoms with E-state index in [9.17, 15) is 4.79 Å².